The molecule has 0 spiro atoms. The fraction of sp³-hybridized carbons (Fsp3) is 0.400. The highest BCUT2D eigenvalue weighted by molar-refractivity contribution is 7.22. The van der Waals surface area contributed by atoms with Crippen LogP contribution in [0.15, 0.2) is 29.6 Å². The van der Waals surface area contributed by atoms with Crippen LogP contribution in [0.1, 0.15) is 10.4 Å². The van der Waals surface area contributed by atoms with Crippen molar-refractivity contribution in [1.29, 1.82) is 0 Å². The molecule has 2 aliphatic rings. The van der Waals surface area contributed by atoms with Crippen LogP contribution in [0.5, 0.6) is 0 Å². The van der Waals surface area contributed by atoms with Gasteiger partial charge in [0.05, 0.1) is 30.0 Å². The lowest BCUT2D eigenvalue weighted by molar-refractivity contribution is -0.117. The molecular weight excluding hydrogens is 392 g/mol. The molecule has 146 valence electrons. The number of thiazole rings is 1. The number of benzene rings is 1. The maximum atomic E-state index is 12.5. The van der Waals surface area contributed by atoms with Gasteiger partial charge >= 0.3 is 0 Å². The highest BCUT2D eigenvalue weighted by Crippen LogP contribution is 2.31. The van der Waals surface area contributed by atoms with Crippen molar-refractivity contribution in [3.05, 3.63) is 40.1 Å². The van der Waals surface area contributed by atoms with Gasteiger partial charge in [-0.3, -0.25) is 9.69 Å². The second-order valence-electron chi connectivity index (χ2n) is 7.16. The molecule has 2 aromatic heterocycles. The topological polar surface area (TPSA) is 57.7 Å². The highest BCUT2D eigenvalue weighted by Gasteiger charge is 2.20. The Morgan fingerprint density at radius 2 is 2.11 bits per heavy atom. The van der Waals surface area contributed by atoms with E-state index in [1.165, 1.54) is 10.4 Å². The summed E-state index contributed by atoms with van der Waals surface area (Å²) in [5.74, 6) is 0.0379. The molecule has 0 aliphatic carbocycles. The minimum Gasteiger partial charge on any atom is -0.378 e. The Bertz CT molecular complexity index is 993. The standard InChI is InChI=1S/C20H22N4O2S2/c25-19(13-23-5-3-17-14(12-23)4-10-27-17)21-15-1-2-16-18(11-15)28-20(22-16)24-6-8-26-9-7-24/h1-2,4,10-11H,3,5-9,12-13H2,(H,21,25). The van der Waals surface area contributed by atoms with Gasteiger partial charge < -0.3 is 15.0 Å². The van der Waals surface area contributed by atoms with Gasteiger partial charge in [0, 0.05) is 36.7 Å². The van der Waals surface area contributed by atoms with Crippen LogP contribution in [0.25, 0.3) is 10.2 Å². The Labute approximate surface area is 171 Å². The van der Waals surface area contributed by atoms with Crippen molar-refractivity contribution in [2.45, 2.75) is 13.0 Å². The number of aromatic nitrogens is 1. The minimum absolute atomic E-state index is 0.0379. The van der Waals surface area contributed by atoms with Crippen LogP contribution in [-0.2, 0) is 22.5 Å². The molecule has 6 nitrogen and oxygen atoms in total. The summed E-state index contributed by atoms with van der Waals surface area (Å²) in [5.41, 5.74) is 3.18. The van der Waals surface area contributed by atoms with Crippen molar-refractivity contribution in [2.24, 2.45) is 0 Å². The van der Waals surface area contributed by atoms with E-state index in [0.29, 0.717) is 6.54 Å². The predicted molar refractivity (Wildman–Crippen MR) is 115 cm³/mol. The number of morpholine rings is 1. The molecule has 1 amide bonds. The van der Waals surface area contributed by atoms with E-state index in [1.807, 2.05) is 29.5 Å². The maximum Gasteiger partial charge on any atom is 0.238 e. The van der Waals surface area contributed by atoms with E-state index in [-0.39, 0.29) is 5.91 Å². The van der Waals surface area contributed by atoms with Crippen molar-refractivity contribution < 1.29 is 9.53 Å². The second-order valence-corrected chi connectivity index (χ2v) is 9.17. The normalized spacial score (nSPS) is 17.6. The quantitative estimate of drug-likeness (QED) is 0.711. The van der Waals surface area contributed by atoms with Crippen LogP contribution in [0.3, 0.4) is 0 Å². The molecular formula is C20H22N4O2S2. The lowest BCUT2D eigenvalue weighted by atomic mass is 10.1. The molecule has 8 heteroatoms. The number of nitrogens with zero attached hydrogens (tertiary/aromatic N) is 3. The van der Waals surface area contributed by atoms with E-state index >= 15 is 0 Å². The van der Waals surface area contributed by atoms with Crippen LogP contribution in [0, 0.1) is 0 Å². The van der Waals surface area contributed by atoms with E-state index in [1.54, 1.807) is 11.3 Å². The van der Waals surface area contributed by atoms with Crippen molar-refractivity contribution in [3.8, 4) is 0 Å². The minimum atomic E-state index is 0.0379. The van der Waals surface area contributed by atoms with Crippen molar-refractivity contribution >= 4 is 49.6 Å². The van der Waals surface area contributed by atoms with Crippen LogP contribution >= 0.6 is 22.7 Å². The first-order chi connectivity index (χ1) is 13.7. The Morgan fingerprint density at radius 1 is 1.21 bits per heavy atom. The van der Waals surface area contributed by atoms with Crippen molar-refractivity contribution in [2.75, 3.05) is 49.6 Å². The number of anilines is 2. The molecule has 0 atom stereocenters. The number of fused-ring (bicyclic) bond motifs is 2. The third-order valence-corrected chi connectivity index (χ3v) is 7.30. The van der Waals surface area contributed by atoms with Crippen molar-refractivity contribution in [3.63, 3.8) is 0 Å². The maximum absolute atomic E-state index is 12.5. The van der Waals surface area contributed by atoms with Gasteiger partial charge in [-0.2, -0.15) is 0 Å². The number of carbonyl (C=O) groups is 1. The van der Waals surface area contributed by atoms with E-state index in [2.05, 4.69) is 26.6 Å². The molecule has 0 saturated carbocycles. The first kappa shape index (κ1) is 18.1. The summed E-state index contributed by atoms with van der Waals surface area (Å²) in [6.07, 6.45) is 1.04. The summed E-state index contributed by atoms with van der Waals surface area (Å²) >= 11 is 3.49. The van der Waals surface area contributed by atoms with Gasteiger partial charge in [0.15, 0.2) is 5.13 Å². The summed E-state index contributed by atoms with van der Waals surface area (Å²) in [4.78, 5) is 23.2. The Morgan fingerprint density at radius 3 is 3.00 bits per heavy atom. The average molecular weight is 415 g/mol. The number of ether oxygens (including phenoxy) is 1. The van der Waals surface area contributed by atoms with Crippen LogP contribution in [-0.4, -0.2) is 55.2 Å². The molecule has 0 unspecified atom stereocenters. The van der Waals surface area contributed by atoms with Crippen LogP contribution in [0.2, 0.25) is 0 Å². The van der Waals surface area contributed by atoms with E-state index in [9.17, 15) is 4.79 Å². The smallest absolute Gasteiger partial charge is 0.238 e. The number of nitrogens with one attached hydrogen (secondary N) is 1. The third kappa shape index (κ3) is 3.77. The number of hydrogen-bond donors (Lipinski definition) is 1. The third-order valence-electron chi connectivity index (χ3n) is 5.20. The first-order valence-electron chi connectivity index (χ1n) is 9.55. The number of rotatable bonds is 4. The molecule has 1 saturated heterocycles. The molecule has 1 aromatic carbocycles. The summed E-state index contributed by atoms with van der Waals surface area (Å²) in [6, 6.07) is 8.13. The second kappa shape index (κ2) is 7.79. The molecule has 28 heavy (non-hydrogen) atoms. The van der Waals surface area contributed by atoms with Crippen LogP contribution in [0.4, 0.5) is 10.8 Å². The van der Waals surface area contributed by atoms with Crippen molar-refractivity contribution in [1.82, 2.24) is 9.88 Å². The summed E-state index contributed by atoms with van der Waals surface area (Å²) in [6.45, 7) is 5.49. The highest BCUT2D eigenvalue weighted by atomic mass is 32.1. The number of hydrogen-bond acceptors (Lipinski definition) is 7. The lowest BCUT2D eigenvalue weighted by Gasteiger charge is -2.26. The van der Waals surface area contributed by atoms with E-state index in [0.717, 1.165) is 66.8 Å². The Balaban J connectivity index is 1.24. The Hall–Kier alpha value is -2.00. The fourth-order valence-corrected chi connectivity index (χ4v) is 5.67. The SMILES string of the molecule is O=C(CN1CCc2sccc2C1)Nc1ccc2nc(N3CCOCC3)sc2c1. The zero-order chi connectivity index (χ0) is 18.9. The van der Waals surface area contributed by atoms with Gasteiger partial charge in [-0.1, -0.05) is 11.3 Å². The molecule has 0 radical (unpaired) electrons. The summed E-state index contributed by atoms with van der Waals surface area (Å²) < 4.78 is 6.52. The van der Waals surface area contributed by atoms with Gasteiger partial charge in [0.1, 0.15) is 0 Å². The van der Waals surface area contributed by atoms with Gasteiger partial charge in [0.25, 0.3) is 0 Å². The molecule has 3 aromatic rings. The van der Waals surface area contributed by atoms with Gasteiger partial charge in [-0.05, 0) is 41.6 Å². The van der Waals surface area contributed by atoms with Gasteiger partial charge in [0.2, 0.25) is 5.91 Å². The molecule has 1 fully saturated rings. The molecule has 0 bridgehead atoms. The molecule has 2 aliphatic heterocycles. The molecule has 4 heterocycles. The number of carbonyl (C=O) groups excluding carboxylic acids is 1. The van der Waals surface area contributed by atoms with E-state index in [4.69, 9.17) is 9.72 Å². The number of thiophene rings is 1. The molecule has 5 rings (SSSR count). The zero-order valence-electron chi connectivity index (χ0n) is 15.5. The van der Waals surface area contributed by atoms with E-state index < -0.39 is 0 Å². The summed E-state index contributed by atoms with van der Waals surface area (Å²) in [5, 5.41) is 6.23. The number of amides is 1. The monoisotopic (exact) mass is 414 g/mol. The zero-order valence-corrected chi connectivity index (χ0v) is 17.2. The largest absolute Gasteiger partial charge is 0.378 e. The molecule has 1 N–H and O–H groups in total. The lowest BCUT2D eigenvalue weighted by Crippen LogP contribution is -2.36. The first-order valence-corrected chi connectivity index (χ1v) is 11.2. The average Bonchev–Trinajstić information content (AvgIpc) is 3.34. The fourth-order valence-electron chi connectivity index (χ4n) is 3.73. The van der Waals surface area contributed by atoms with Crippen LogP contribution < -0.4 is 10.2 Å². The van der Waals surface area contributed by atoms with Gasteiger partial charge in [-0.25, -0.2) is 4.98 Å². The Kier molecular flexibility index (Phi) is 5.02. The van der Waals surface area contributed by atoms with Gasteiger partial charge in [-0.15, -0.1) is 11.3 Å². The predicted octanol–water partition coefficient (Wildman–Crippen LogP) is 3.19. The summed E-state index contributed by atoms with van der Waals surface area (Å²) in [7, 11) is 0.